The number of aliphatic carboxylic acids is 1. The Morgan fingerprint density at radius 3 is 2.53 bits per heavy atom. The van der Waals surface area contributed by atoms with E-state index in [1.54, 1.807) is 0 Å². The highest BCUT2D eigenvalue weighted by Crippen LogP contribution is 2.05. The molecule has 0 amide bonds. The quantitative estimate of drug-likeness (QED) is 0.529. The second-order valence-electron chi connectivity index (χ2n) is 3.98. The zero-order valence-corrected chi connectivity index (χ0v) is 10.7. The van der Waals surface area contributed by atoms with Gasteiger partial charge in [0.1, 0.15) is 5.56 Å². The van der Waals surface area contributed by atoms with Crippen LogP contribution >= 0.6 is 0 Å². The lowest BCUT2D eigenvalue weighted by molar-refractivity contribution is -0.137. The smallest absolute Gasteiger partial charge is 0.333 e. The lowest BCUT2D eigenvalue weighted by Gasteiger charge is -2.06. The van der Waals surface area contributed by atoms with Crippen molar-refractivity contribution < 1.29 is 15.0 Å². The fourth-order valence-electron chi connectivity index (χ4n) is 1.45. The Labute approximate surface area is 108 Å². The van der Waals surface area contributed by atoms with Crippen LogP contribution in [-0.4, -0.2) is 38.1 Å². The minimum absolute atomic E-state index is 0.0192. The Balaban J connectivity index is 2.97. The summed E-state index contributed by atoms with van der Waals surface area (Å²) in [5.41, 5.74) is -1.38. The summed E-state index contributed by atoms with van der Waals surface area (Å²) in [6.45, 7) is 0.220. The fraction of sp³-hybridized carbons (Fsp3) is 0.455. The van der Waals surface area contributed by atoms with Crippen LogP contribution in [0.25, 0.3) is 0 Å². The number of aromatic nitrogens is 2. The number of aromatic hydroxyl groups is 1. The highest BCUT2D eigenvalue weighted by molar-refractivity contribution is 5.81. The third kappa shape index (κ3) is 3.30. The molecule has 1 aromatic heterocycles. The van der Waals surface area contributed by atoms with E-state index in [1.807, 2.05) is 0 Å². The Kier molecular flexibility index (Phi) is 4.62. The molecule has 0 aliphatic carbocycles. The first kappa shape index (κ1) is 14.7. The summed E-state index contributed by atoms with van der Waals surface area (Å²) in [5, 5.41) is 18.1. The minimum Gasteiger partial charge on any atom is -0.494 e. The van der Waals surface area contributed by atoms with Gasteiger partial charge in [0.05, 0.1) is 0 Å². The van der Waals surface area contributed by atoms with E-state index in [0.29, 0.717) is 6.42 Å². The van der Waals surface area contributed by atoms with Crippen molar-refractivity contribution in [2.24, 2.45) is 19.1 Å². The molecule has 8 heteroatoms. The van der Waals surface area contributed by atoms with Crippen LogP contribution in [0.5, 0.6) is 5.88 Å². The number of hydrogen-bond donors (Lipinski definition) is 2. The van der Waals surface area contributed by atoms with Crippen LogP contribution in [0.15, 0.2) is 14.6 Å². The molecule has 1 rings (SSSR count). The molecule has 0 aromatic carbocycles. The molecule has 0 radical (unpaired) electrons. The van der Waals surface area contributed by atoms with Crippen LogP contribution < -0.4 is 11.2 Å². The molecule has 104 valence electrons. The van der Waals surface area contributed by atoms with Gasteiger partial charge in [-0.05, 0) is 6.42 Å². The van der Waals surface area contributed by atoms with E-state index in [1.165, 1.54) is 14.1 Å². The summed E-state index contributed by atoms with van der Waals surface area (Å²) in [7, 11) is 2.63. The Morgan fingerprint density at radius 2 is 1.95 bits per heavy atom. The van der Waals surface area contributed by atoms with Gasteiger partial charge in [0, 0.05) is 33.3 Å². The summed E-state index contributed by atoms with van der Waals surface area (Å²) >= 11 is 0. The summed E-state index contributed by atoms with van der Waals surface area (Å²) < 4.78 is 1.79. The Hall–Kier alpha value is -2.38. The van der Waals surface area contributed by atoms with Crippen molar-refractivity contribution in [3.8, 4) is 5.88 Å². The van der Waals surface area contributed by atoms with Crippen molar-refractivity contribution in [3.63, 3.8) is 0 Å². The molecule has 0 aliphatic heterocycles. The third-order valence-corrected chi connectivity index (χ3v) is 2.57. The van der Waals surface area contributed by atoms with Crippen LogP contribution in [0.1, 0.15) is 18.4 Å². The van der Waals surface area contributed by atoms with Crippen LogP contribution in [0.2, 0.25) is 0 Å². The van der Waals surface area contributed by atoms with Crippen molar-refractivity contribution in [2.75, 3.05) is 6.54 Å². The number of carboxylic acids is 1. The number of aliphatic imine (C=N–C) groups is 1. The van der Waals surface area contributed by atoms with E-state index in [-0.39, 0.29) is 18.5 Å². The van der Waals surface area contributed by atoms with E-state index in [0.717, 1.165) is 15.3 Å². The van der Waals surface area contributed by atoms with Gasteiger partial charge in [-0.15, -0.1) is 0 Å². The van der Waals surface area contributed by atoms with Gasteiger partial charge < -0.3 is 10.2 Å². The SMILES string of the molecule is Cn1c(O)c(C=NCCCC(=O)O)c(=O)n(C)c1=O. The Bertz CT molecular complexity index is 626. The first-order valence-corrected chi connectivity index (χ1v) is 5.57. The lowest BCUT2D eigenvalue weighted by Crippen LogP contribution is -2.38. The number of rotatable bonds is 5. The van der Waals surface area contributed by atoms with Crippen LogP contribution in [-0.2, 0) is 18.9 Å². The first-order chi connectivity index (χ1) is 8.86. The van der Waals surface area contributed by atoms with Gasteiger partial charge in [-0.25, -0.2) is 4.79 Å². The molecule has 1 aromatic rings. The van der Waals surface area contributed by atoms with Crippen LogP contribution in [0.4, 0.5) is 0 Å². The molecule has 0 atom stereocenters. The number of nitrogens with zero attached hydrogens (tertiary/aromatic N) is 3. The fourth-order valence-corrected chi connectivity index (χ4v) is 1.45. The number of hydrogen-bond acceptors (Lipinski definition) is 5. The zero-order valence-electron chi connectivity index (χ0n) is 10.7. The highest BCUT2D eigenvalue weighted by atomic mass is 16.4. The standard InChI is InChI=1S/C11H15N3O5/c1-13-9(17)7(10(18)14(2)11(13)19)6-12-5-3-4-8(15)16/h6,17H,3-5H2,1-2H3,(H,15,16). The molecule has 0 saturated heterocycles. The second-order valence-corrected chi connectivity index (χ2v) is 3.98. The van der Waals surface area contributed by atoms with Crippen molar-refractivity contribution in [3.05, 3.63) is 26.4 Å². The minimum atomic E-state index is -0.920. The van der Waals surface area contributed by atoms with Gasteiger partial charge in [0.15, 0.2) is 0 Å². The van der Waals surface area contributed by atoms with Gasteiger partial charge in [-0.3, -0.25) is 23.7 Å². The second kappa shape index (κ2) is 5.98. The highest BCUT2D eigenvalue weighted by Gasteiger charge is 2.12. The summed E-state index contributed by atoms with van der Waals surface area (Å²) in [4.78, 5) is 37.4. The van der Waals surface area contributed by atoms with E-state index in [2.05, 4.69) is 4.99 Å². The van der Waals surface area contributed by atoms with Gasteiger partial charge in [0.2, 0.25) is 5.88 Å². The average Bonchev–Trinajstić information content (AvgIpc) is 2.37. The molecular formula is C11H15N3O5. The Morgan fingerprint density at radius 1 is 1.32 bits per heavy atom. The topological polar surface area (TPSA) is 114 Å². The van der Waals surface area contributed by atoms with Crippen molar-refractivity contribution >= 4 is 12.2 Å². The van der Waals surface area contributed by atoms with Gasteiger partial charge >= 0.3 is 11.7 Å². The monoisotopic (exact) mass is 269 g/mol. The van der Waals surface area contributed by atoms with Gasteiger partial charge in [-0.2, -0.15) is 0 Å². The first-order valence-electron chi connectivity index (χ1n) is 5.57. The molecule has 0 fully saturated rings. The molecule has 8 nitrogen and oxygen atoms in total. The molecule has 1 heterocycles. The number of carboxylic acid groups (broad SMARTS) is 1. The molecule has 0 bridgehead atoms. The van der Waals surface area contributed by atoms with E-state index < -0.39 is 23.1 Å². The maximum Gasteiger partial charge on any atom is 0.333 e. The molecule has 0 saturated carbocycles. The maximum atomic E-state index is 11.7. The molecular weight excluding hydrogens is 254 g/mol. The van der Waals surface area contributed by atoms with Gasteiger partial charge in [-0.1, -0.05) is 0 Å². The van der Waals surface area contributed by atoms with Crippen LogP contribution in [0, 0.1) is 0 Å². The van der Waals surface area contributed by atoms with E-state index in [4.69, 9.17) is 5.11 Å². The van der Waals surface area contributed by atoms with Crippen molar-refractivity contribution in [2.45, 2.75) is 12.8 Å². The van der Waals surface area contributed by atoms with Crippen molar-refractivity contribution in [1.82, 2.24) is 9.13 Å². The largest absolute Gasteiger partial charge is 0.494 e. The van der Waals surface area contributed by atoms with Gasteiger partial charge in [0.25, 0.3) is 5.56 Å². The lowest BCUT2D eigenvalue weighted by atomic mass is 10.3. The normalized spacial score (nSPS) is 11.1. The predicted molar refractivity (Wildman–Crippen MR) is 67.9 cm³/mol. The van der Waals surface area contributed by atoms with Crippen molar-refractivity contribution in [1.29, 1.82) is 0 Å². The van der Waals surface area contributed by atoms with Crippen LogP contribution in [0.3, 0.4) is 0 Å². The third-order valence-electron chi connectivity index (χ3n) is 2.57. The average molecular weight is 269 g/mol. The maximum absolute atomic E-state index is 11.7. The molecule has 0 spiro atoms. The molecule has 2 N–H and O–H groups in total. The zero-order chi connectivity index (χ0) is 14.6. The summed E-state index contributed by atoms with van der Waals surface area (Å²) in [6.07, 6.45) is 1.46. The predicted octanol–water partition coefficient (Wildman–Crippen LogP) is -0.927. The molecule has 19 heavy (non-hydrogen) atoms. The summed E-state index contributed by atoms with van der Waals surface area (Å²) in [5.74, 6) is -1.38. The number of carbonyl (C=O) groups is 1. The molecule has 0 unspecified atom stereocenters. The molecule has 0 aliphatic rings. The van der Waals surface area contributed by atoms with E-state index >= 15 is 0 Å². The van der Waals surface area contributed by atoms with E-state index in [9.17, 15) is 19.5 Å². The summed E-state index contributed by atoms with van der Waals surface area (Å²) in [6, 6.07) is 0.